The third-order valence-electron chi connectivity index (χ3n) is 3.53. The average Bonchev–Trinajstić information content (AvgIpc) is 2.99. The maximum Gasteiger partial charge on any atom is 0.168 e. The van der Waals surface area contributed by atoms with Crippen molar-refractivity contribution in [1.82, 2.24) is 14.7 Å². The van der Waals surface area contributed by atoms with Gasteiger partial charge in [-0.3, -0.25) is 4.79 Å². The number of aromatic nitrogens is 2. The number of carbonyl (C=O) groups is 1. The van der Waals surface area contributed by atoms with E-state index in [0.717, 1.165) is 17.5 Å². The van der Waals surface area contributed by atoms with Gasteiger partial charge in [-0.05, 0) is 18.2 Å². The lowest BCUT2D eigenvalue weighted by Gasteiger charge is -2.06. The molecule has 0 aliphatic heterocycles. The summed E-state index contributed by atoms with van der Waals surface area (Å²) in [7, 11) is 3.73. The van der Waals surface area contributed by atoms with Gasteiger partial charge in [-0.25, -0.2) is 9.67 Å². The maximum absolute atomic E-state index is 11.8. The highest BCUT2D eigenvalue weighted by atomic mass is 35.5. The summed E-state index contributed by atoms with van der Waals surface area (Å²) in [6.45, 7) is 0. The SMILES string of the molecule is CN(C)/C=N/c1c(C=O)c(-c2ccccc2)nn1-c1cccc(Cl)c1. The van der Waals surface area contributed by atoms with E-state index in [1.54, 1.807) is 28.1 Å². The number of hydrogen-bond donors (Lipinski definition) is 0. The molecule has 0 radical (unpaired) electrons. The molecule has 0 aliphatic carbocycles. The Kier molecular flexibility index (Phi) is 4.95. The third-order valence-corrected chi connectivity index (χ3v) is 3.76. The van der Waals surface area contributed by atoms with Gasteiger partial charge in [-0.2, -0.15) is 5.10 Å². The normalized spacial score (nSPS) is 11.0. The second kappa shape index (κ2) is 7.32. The molecule has 25 heavy (non-hydrogen) atoms. The fourth-order valence-electron chi connectivity index (χ4n) is 2.42. The first-order valence-corrected chi connectivity index (χ1v) is 8.08. The quantitative estimate of drug-likeness (QED) is 0.392. The highest BCUT2D eigenvalue weighted by Gasteiger charge is 2.19. The minimum atomic E-state index is 0.435. The van der Waals surface area contributed by atoms with E-state index in [-0.39, 0.29) is 0 Å². The highest BCUT2D eigenvalue weighted by molar-refractivity contribution is 6.30. The first kappa shape index (κ1) is 16.9. The number of rotatable bonds is 5. The van der Waals surface area contributed by atoms with Crippen molar-refractivity contribution in [3.63, 3.8) is 0 Å². The third kappa shape index (κ3) is 3.61. The van der Waals surface area contributed by atoms with Crippen LogP contribution in [0.2, 0.25) is 5.02 Å². The van der Waals surface area contributed by atoms with Crippen molar-refractivity contribution in [2.75, 3.05) is 14.1 Å². The average molecular weight is 353 g/mol. The number of carbonyl (C=O) groups excluding carboxylic acids is 1. The van der Waals surface area contributed by atoms with Gasteiger partial charge in [0.05, 0.1) is 17.6 Å². The van der Waals surface area contributed by atoms with Crippen molar-refractivity contribution in [2.45, 2.75) is 0 Å². The topological polar surface area (TPSA) is 50.5 Å². The van der Waals surface area contributed by atoms with Gasteiger partial charge < -0.3 is 4.90 Å². The lowest BCUT2D eigenvalue weighted by atomic mass is 10.1. The van der Waals surface area contributed by atoms with Gasteiger partial charge in [0.15, 0.2) is 12.1 Å². The largest absolute Gasteiger partial charge is 0.369 e. The summed E-state index contributed by atoms with van der Waals surface area (Å²) in [5, 5.41) is 5.22. The van der Waals surface area contributed by atoms with Crippen LogP contribution in [0.25, 0.3) is 16.9 Å². The first-order valence-electron chi connectivity index (χ1n) is 7.70. The van der Waals surface area contributed by atoms with E-state index < -0.39 is 0 Å². The molecular weight excluding hydrogens is 336 g/mol. The molecule has 0 aliphatic rings. The van der Waals surface area contributed by atoms with Crippen LogP contribution in [0.3, 0.4) is 0 Å². The molecule has 126 valence electrons. The van der Waals surface area contributed by atoms with Crippen molar-refractivity contribution in [3.05, 3.63) is 65.2 Å². The molecule has 0 amide bonds. The summed E-state index contributed by atoms with van der Waals surface area (Å²) in [4.78, 5) is 18.1. The van der Waals surface area contributed by atoms with Crippen LogP contribution in [0, 0.1) is 0 Å². The Bertz CT molecular complexity index is 916. The molecule has 0 spiro atoms. The second-order valence-electron chi connectivity index (χ2n) is 5.67. The van der Waals surface area contributed by atoms with Gasteiger partial charge in [0, 0.05) is 24.7 Å². The standard InChI is InChI=1S/C19H17ClN4O/c1-23(2)13-21-19-17(12-25)18(14-7-4-3-5-8-14)22-24(19)16-10-6-9-15(20)11-16/h3-13H,1-2H3/b21-13+. The summed E-state index contributed by atoms with van der Waals surface area (Å²) in [6.07, 6.45) is 2.43. The molecule has 0 fully saturated rings. The van der Waals surface area contributed by atoms with E-state index in [1.807, 2.05) is 56.6 Å². The summed E-state index contributed by atoms with van der Waals surface area (Å²) in [5.41, 5.74) is 2.61. The minimum Gasteiger partial charge on any atom is -0.369 e. The zero-order chi connectivity index (χ0) is 17.8. The Morgan fingerprint density at radius 3 is 2.52 bits per heavy atom. The highest BCUT2D eigenvalue weighted by Crippen LogP contribution is 2.32. The van der Waals surface area contributed by atoms with Gasteiger partial charge in [0.2, 0.25) is 0 Å². The molecule has 0 bridgehead atoms. The van der Waals surface area contributed by atoms with E-state index in [2.05, 4.69) is 10.1 Å². The zero-order valence-electron chi connectivity index (χ0n) is 13.9. The summed E-state index contributed by atoms with van der Waals surface area (Å²) in [6, 6.07) is 16.8. The van der Waals surface area contributed by atoms with Gasteiger partial charge in [0.1, 0.15) is 5.69 Å². The molecule has 0 unspecified atom stereocenters. The Labute approximate surface area is 151 Å². The molecule has 6 heteroatoms. The number of nitrogens with zero attached hydrogens (tertiary/aromatic N) is 4. The van der Waals surface area contributed by atoms with Crippen LogP contribution >= 0.6 is 11.6 Å². The van der Waals surface area contributed by atoms with E-state index in [9.17, 15) is 4.79 Å². The van der Waals surface area contributed by atoms with Crippen LogP contribution in [0.15, 0.2) is 59.6 Å². The molecule has 3 aromatic rings. The summed E-state index contributed by atoms with van der Waals surface area (Å²) in [5.74, 6) is 0.463. The van der Waals surface area contributed by atoms with Gasteiger partial charge in [-0.15, -0.1) is 0 Å². The maximum atomic E-state index is 11.8. The van der Waals surface area contributed by atoms with Gasteiger partial charge in [-0.1, -0.05) is 48.0 Å². The smallest absolute Gasteiger partial charge is 0.168 e. The predicted octanol–water partition coefficient (Wildman–Crippen LogP) is 4.23. The molecule has 0 atom stereocenters. The number of aldehydes is 1. The Hall–Kier alpha value is -2.92. The molecular formula is C19H17ClN4O. The van der Waals surface area contributed by atoms with Crippen LogP contribution < -0.4 is 0 Å². The Balaban J connectivity index is 2.26. The molecule has 0 saturated heterocycles. The summed E-state index contributed by atoms with van der Waals surface area (Å²) >= 11 is 6.11. The van der Waals surface area contributed by atoms with Crippen molar-refractivity contribution < 1.29 is 4.79 Å². The minimum absolute atomic E-state index is 0.435. The molecule has 1 heterocycles. The van der Waals surface area contributed by atoms with Crippen LogP contribution in [-0.2, 0) is 0 Å². The summed E-state index contributed by atoms with van der Waals surface area (Å²) < 4.78 is 1.64. The molecule has 5 nitrogen and oxygen atoms in total. The van der Waals surface area contributed by atoms with Crippen LogP contribution in [-0.4, -0.2) is 41.4 Å². The van der Waals surface area contributed by atoms with Crippen LogP contribution in [0.1, 0.15) is 10.4 Å². The van der Waals surface area contributed by atoms with Gasteiger partial charge >= 0.3 is 0 Å². The van der Waals surface area contributed by atoms with E-state index in [0.29, 0.717) is 22.1 Å². The number of benzene rings is 2. The fourth-order valence-corrected chi connectivity index (χ4v) is 2.61. The molecule has 3 rings (SSSR count). The van der Waals surface area contributed by atoms with Crippen LogP contribution in [0.5, 0.6) is 0 Å². The van der Waals surface area contributed by atoms with Crippen molar-refractivity contribution in [2.24, 2.45) is 4.99 Å². The lowest BCUT2D eigenvalue weighted by Crippen LogP contribution is -2.07. The van der Waals surface area contributed by atoms with E-state index in [4.69, 9.17) is 11.6 Å². The molecule has 0 N–H and O–H groups in total. The first-order chi connectivity index (χ1) is 12.1. The second-order valence-corrected chi connectivity index (χ2v) is 6.11. The number of hydrogen-bond acceptors (Lipinski definition) is 3. The number of aliphatic imine (C=N–C) groups is 1. The van der Waals surface area contributed by atoms with Crippen molar-refractivity contribution in [1.29, 1.82) is 0 Å². The Morgan fingerprint density at radius 1 is 1.12 bits per heavy atom. The molecule has 1 aromatic heterocycles. The number of halogens is 1. The van der Waals surface area contributed by atoms with Crippen LogP contribution in [0.4, 0.5) is 5.82 Å². The lowest BCUT2D eigenvalue weighted by molar-refractivity contribution is 0.112. The van der Waals surface area contributed by atoms with Crippen molar-refractivity contribution >= 4 is 30.0 Å². The molecule has 0 saturated carbocycles. The monoisotopic (exact) mass is 352 g/mol. The molecule has 2 aromatic carbocycles. The van der Waals surface area contributed by atoms with Gasteiger partial charge in [0.25, 0.3) is 0 Å². The van der Waals surface area contributed by atoms with E-state index in [1.165, 1.54) is 0 Å². The Morgan fingerprint density at radius 2 is 1.88 bits per heavy atom. The predicted molar refractivity (Wildman–Crippen MR) is 101 cm³/mol. The van der Waals surface area contributed by atoms with Crippen molar-refractivity contribution in [3.8, 4) is 16.9 Å². The fraction of sp³-hybridized carbons (Fsp3) is 0.105. The zero-order valence-corrected chi connectivity index (χ0v) is 14.7. The van der Waals surface area contributed by atoms with E-state index >= 15 is 0 Å².